The summed E-state index contributed by atoms with van der Waals surface area (Å²) in [5.41, 5.74) is 7.29. The van der Waals surface area contributed by atoms with Gasteiger partial charge in [-0.25, -0.2) is 4.98 Å². The molecule has 2 N–H and O–H groups in total. The topological polar surface area (TPSA) is 47.1 Å². The van der Waals surface area contributed by atoms with Gasteiger partial charge in [-0.15, -0.1) is 0 Å². The Kier molecular flexibility index (Phi) is 4.78. The van der Waals surface area contributed by atoms with Crippen LogP contribution in [0, 0.1) is 0 Å². The van der Waals surface area contributed by atoms with E-state index in [9.17, 15) is 0 Å². The van der Waals surface area contributed by atoms with Crippen LogP contribution in [0.4, 0.5) is 0 Å². The molecule has 0 bridgehead atoms. The number of hydrogen-bond donors (Lipinski definition) is 1. The normalized spacial score (nSPS) is 24.7. The molecule has 4 nitrogen and oxygen atoms in total. The van der Waals surface area contributed by atoms with E-state index in [0.29, 0.717) is 12.1 Å². The maximum Gasteiger partial charge on any atom is 0.0948 e. The van der Waals surface area contributed by atoms with Crippen molar-refractivity contribution in [3.63, 3.8) is 0 Å². The lowest BCUT2D eigenvalue weighted by atomic mass is 9.91. The van der Waals surface area contributed by atoms with Crippen LogP contribution in [0.3, 0.4) is 0 Å². The third kappa shape index (κ3) is 3.33. The van der Waals surface area contributed by atoms with Crippen molar-refractivity contribution >= 4 is 0 Å². The van der Waals surface area contributed by atoms with Crippen LogP contribution in [0.1, 0.15) is 44.7 Å². The van der Waals surface area contributed by atoms with Crippen molar-refractivity contribution in [3.8, 4) is 0 Å². The van der Waals surface area contributed by atoms with Crippen LogP contribution in [-0.4, -0.2) is 33.6 Å². The van der Waals surface area contributed by atoms with Gasteiger partial charge in [0, 0.05) is 31.4 Å². The van der Waals surface area contributed by atoms with Gasteiger partial charge in [0.2, 0.25) is 0 Å². The van der Waals surface area contributed by atoms with Crippen molar-refractivity contribution in [2.75, 3.05) is 7.05 Å². The molecule has 1 aromatic heterocycles. The number of nitrogens with two attached hydrogens (primary N) is 1. The lowest BCUT2D eigenvalue weighted by Gasteiger charge is -2.33. The Morgan fingerprint density at radius 3 is 2.78 bits per heavy atom. The molecule has 0 amide bonds. The van der Waals surface area contributed by atoms with Gasteiger partial charge in [0.25, 0.3) is 0 Å². The summed E-state index contributed by atoms with van der Waals surface area (Å²) in [4.78, 5) is 6.73. The number of nitrogens with zero attached hydrogens (tertiary/aromatic N) is 3. The quantitative estimate of drug-likeness (QED) is 0.869. The predicted molar refractivity (Wildman–Crippen MR) is 74.2 cm³/mol. The minimum absolute atomic E-state index is 0.431. The Morgan fingerprint density at radius 1 is 1.39 bits per heavy atom. The number of aryl methyl sites for hydroxylation is 1. The van der Waals surface area contributed by atoms with Crippen LogP contribution < -0.4 is 5.73 Å². The first kappa shape index (κ1) is 13.6. The van der Waals surface area contributed by atoms with E-state index in [-0.39, 0.29) is 0 Å². The number of imidazole rings is 1. The molecule has 0 spiro atoms. The summed E-state index contributed by atoms with van der Waals surface area (Å²) in [6, 6.07) is 1.12. The van der Waals surface area contributed by atoms with E-state index in [1.165, 1.54) is 31.4 Å². The number of hydrogen-bond acceptors (Lipinski definition) is 3. The van der Waals surface area contributed by atoms with E-state index in [1.807, 2.05) is 12.5 Å². The van der Waals surface area contributed by atoms with Gasteiger partial charge in [-0.3, -0.25) is 4.90 Å². The Morgan fingerprint density at radius 2 is 2.11 bits per heavy atom. The average Bonchev–Trinajstić information content (AvgIpc) is 2.78. The lowest BCUT2D eigenvalue weighted by Crippen LogP contribution is -2.38. The van der Waals surface area contributed by atoms with Crippen LogP contribution in [0.15, 0.2) is 12.5 Å². The predicted octanol–water partition coefficient (Wildman–Crippen LogP) is 1.99. The van der Waals surface area contributed by atoms with Gasteiger partial charge in [0.1, 0.15) is 0 Å². The van der Waals surface area contributed by atoms with Gasteiger partial charge in [0.05, 0.1) is 12.0 Å². The largest absolute Gasteiger partial charge is 0.333 e. The fraction of sp³-hybridized carbons (Fsp3) is 0.786. The smallest absolute Gasteiger partial charge is 0.0948 e. The summed E-state index contributed by atoms with van der Waals surface area (Å²) < 4.78 is 2.27. The van der Waals surface area contributed by atoms with Crippen LogP contribution in [0.5, 0.6) is 0 Å². The summed E-state index contributed by atoms with van der Waals surface area (Å²) in [5.74, 6) is 0. The maximum atomic E-state index is 5.96. The molecule has 0 radical (unpaired) electrons. The summed E-state index contributed by atoms with van der Waals surface area (Å²) in [7, 11) is 2.23. The highest BCUT2D eigenvalue weighted by atomic mass is 15.2. The molecule has 1 aromatic rings. The monoisotopic (exact) mass is 250 g/mol. The van der Waals surface area contributed by atoms with Crippen molar-refractivity contribution in [1.29, 1.82) is 0 Å². The second-order valence-corrected chi connectivity index (χ2v) is 5.56. The molecular weight excluding hydrogens is 224 g/mol. The number of aromatic nitrogens is 2. The van der Waals surface area contributed by atoms with E-state index in [1.54, 1.807) is 0 Å². The molecule has 1 saturated carbocycles. The van der Waals surface area contributed by atoms with Crippen molar-refractivity contribution in [3.05, 3.63) is 18.2 Å². The molecule has 102 valence electrons. The molecule has 1 fully saturated rings. The van der Waals surface area contributed by atoms with E-state index >= 15 is 0 Å². The molecule has 18 heavy (non-hydrogen) atoms. The standard InChI is InChI=1S/C14H26N4/c1-3-8-18-11-16-9-14(18)10-17(2)13-6-4-12(15)5-7-13/h9,11-13H,3-8,10,15H2,1-2H3. The average molecular weight is 250 g/mol. The third-order valence-corrected chi connectivity index (χ3v) is 4.04. The van der Waals surface area contributed by atoms with Crippen molar-refractivity contribution in [1.82, 2.24) is 14.5 Å². The molecule has 1 aliphatic carbocycles. The summed E-state index contributed by atoms with van der Waals surface area (Å²) in [5, 5.41) is 0. The second kappa shape index (κ2) is 6.34. The van der Waals surface area contributed by atoms with Crippen molar-refractivity contribution < 1.29 is 0 Å². The van der Waals surface area contributed by atoms with Crippen LogP contribution >= 0.6 is 0 Å². The zero-order valence-electron chi connectivity index (χ0n) is 11.7. The first-order chi connectivity index (χ1) is 8.70. The molecule has 1 aliphatic rings. The molecule has 4 heteroatoms. The first-order valence-corrected chi connectivity index (χ1v) is 7.15. The minimum atomic E-state index is 0.431. The molecule has 0 aromatic carbocycles. The second-order valence-electron chi connectivity index (χ2n) is 5.56. The van der Waals surface area contributed by atoms with Gasteiger partial charge in [-0.2, -0.15) is 0 Å². The van der Waals surface area contributed by atoms with Gasteiger partial charge >= 0.3 is 0 Å². The molecule has 0 saturated heterocycles. The Labute approximate surface area is 110 Å². The fourth-order valence-electron chi connectivity index (χ4n) is 2.85. The van der Waals surface area contributed by atoms with Gasteiger partial charge in [0.15, 0.2) is 0 Å². The lowest BCUT2D eigenvalue weighted by molar-refractivity contribution is 0.173. The Bertz CT molecular complexity index is 352. The summed E-state index contributed by atoms with van der Waals surface area (Å²) >= 11 is 0. The molecule has 0 unspecified atom stereocenters. The fourth-order valence-corrected chi connectivity index (χ4v) is 2.85. The van der Waals surface area contributed by atoms with Crippen molar-refractivity contribution in [2.24, 2.45) is 5.73 Å². The highest BCUT2D eigenvalue weighted by Crippen LogP contribution is 2.22. The van der Waals surface area contributed by atoms with E-state index in [2.05, 4.69) is 28.4 Å². The Hall–Kier alpha value is -0.870. The van der Waals surface area contributed by atoms with Gasteiger partial charge < -0.3 is 10.3 Å². The molecule has 2 rings (SSSR count). The van der Waals surface area contributed by atoms with E-state index < -0.39 is 0 Å². The molecule has 1 heterocycles. The molecule has 0 aliphatic heterocycles. The maximum absolute atomic E-state index is 5.96. The van der Waals surface area contributed by atoms with Crippen LogP contribution in [-0.2, 0) is 13.1 Å². The first-order valence-electron chi connectivity index (χ1n) is 7.15. The minimum Gasteiger partial charge on any atom is -0.333 e. The van der Waals surface area contributed by atoms with Crippen LogP contribution in [0.25, 0.3) is 0 Å². The Balaban J connectivity index is 1.90. The number of rotatable bonds is 5. The van der Waals surface area contributed by atoms with Crippen molar-refractivity contribution in [2.45, 2.75) is 64.2 Å². The summed E-state index contributed by atoms with van der Waals surface area (Å²) in [6.07, 6.45) is 9.92. The molecule has 0 atom stereocenters. The SMILES string of the molecule is CCCn1cncc1CN(C)C1CCC(N)CC1. The van der Waals surface area contributed by atoms with E-state index in [4.69, 9.17) is 5.73 Å². The van der Waals surface area contributed by atoms with Gasteiger partial charge in [-0.05, 0) is 39.2 Å². The van der Waals surface area contributed by atoms with E-state index in [0.717, 1.165) is 19.5 Å². The highest BCUT2D eigenvalue weighted by Gasteiger charge is 2.22. The molecular formula is C14H26N4. The van der Waals surface area contributed by atoms with Crippen LogP contribution in [0.2, 0.25) is 0 Å². The summed E-state index contributed by atoms with van der Waals surface area (Å²) in [6.45, 7) is 4.27. The zero-order valence-corrected chi connectivity index (χ0v) is 11.7. The highest BCUT2D eigenvalue weighted by molar-refractivity contribution is 4.99. The third-order valence-electron chi connectivity index (χ3n) is 4.04. The van der Waals surface area contributed by atoms with Gasteiger partial charge in [-0.1, -0.05) is 6.92 Å². The zero-order chi connectivity index (χ0) is 13.0.